The highest BCUT2D eigenvalue weighted by atomic mass is 16.3. The molecule has 2 rings (SSSR count). The molecule has 0 aliphatic heterocycles. The van der Waals surface area contributed by atoms with Crippen LogP contribution in [0.25, 0.3) is 0 Å². The first-order chi connectivity index (χ1) is 8.10. The van der Waals surface area contributed by atoms with Crippen LogP contribution in [0.4, 0.5) is 0 Å². The monoisotopic (exact) mass is 237 g/mol. The van der Waals surface area contributed by atoms with Crippen LogP contribution < -0.4 is 5.32 Å². The predicted molar refractivity (Wildman–Crippen MR) is 67.5 cm³/mol. The molecule has 4 nitrogen and oxygen atoms in total. The van der Waals surface area contributed by atoms with Gasteiger partial charge in [0.2, 0.25) is 0 Å². The van der Waals surface area contributed by atoms with Crippen LogP contribution in [-0.4, -0.2) is 27.5 Å². The van der Waals surface area contributed by atoms with E-state index in [4.69, 9.17) is 0 Å². The number of aliphatic hydroxyl groups is 1. The van der Waals surface area contributed by atoms with Crippen LogP contribution in [0.1, 0.15) is 38.2 Å². The molecule has 1 saturated carbocycles. The van der Waals surface area contributed by atoms with E-state index in [1.807, 2.05) is 24.1 Å². The zero-order valence-corrected chi connectivity index (χ0v) is 10.8. The van der Waals surface area contributed by atoms with Gasteiger partial charge in [0.15, 0.2) is 0 Å². The summed E-state index contributed by atoms with van der Waals surface area (Å²) < 4.78 is 1.81. The molecule has 0 bridgehead atoms. The van der Waals surface area contributed by atoms with E-state index in [9.17, 15) is 5.11 Å². The minimum atomic E-state index is -0.155. The molecule has 2 unspecified atom stereocenters. The van der Waals surface area contributed by atoms with Gasteiger partial charge in [0.25, 0.3) is 0 Å². The second-order valence-electron chi connectivity index (χ2n) is 5.54. The molecule has 0 aromatic carbocycles. The number of hydrogen-bond donors (Lipinski definition) is 2. The van der Waals surface area contributed by atoms with Crippen molar-refractivity contribution < 1.29 is 5.11 Å². The van der Waals surface area contributed by atoms with Gasteiger partial charge in [-0.1, -0.05) is 19.8 Å². The molecule has 1 aromatic heterocycles. The minimum Gasteiger partial charge on any atom is -0.393 e. The number of aryl methyl sites for hydroxylation is 1. The standard InChI is InChI=1S/C13H23N3O/c1-13(6-4-3-5-12(13)17)10-14-7-11-8-15-16(2)9-11/h8-9,12,14,17H,3-7,10H2,1-2H3. The average Bonchev–Trinajstić information content (AvgIpc) is 2.69. The van der Waals surface area contributed by atoms with Crippen LogP contribution >= 0.6 is 0 Å². The summed E-state index contributed by atoms with van der Waals surface area (Å²) >= 11 is 0. The topological polar surface area (TPSA) is 50.1 Å². The molecule has 0 radical (unpaired) electrons. The number of aliphatic hydroxyl groups excluding tert-OH is 1. The van der Waals surface area contributed by atoms with Crippen molar-refractivity contribution >= 4 is 0 Å². The van der Waals surface area contributed by atoms with Gasteiger partial charge < -0.3 is 10.4 Å². The predicted octanol–water partition coefficient (Wildman–Crippen LogP) is 1.45. The molecule has 1 aromatic rings. The first-order valence-electron chi connectivity index (χ1n) is 6.46. The summed E-state index contributed by atoms with van der Waals surface area (Å²) in [4.78, 5) is 0. The normalized spacial score (nSPS) is 29.5. The van der Waals surface area contributed by atoms with E-state index in [0.717, 1.165) is 25.9 Å². The maximum absolute atomic E-state index is 10.1. The molecule has 2 N–H and O–H groups in total. The Labute approximate surface area is 103 Å². The van der Waals surface area contributed by atoms with Crippen LogP contribution in [0.2, 0.25) is 0 Å². The zero-order chi connectivity index (χ0) is 12.3. The second-order valence-corrected chi connectivity index (χ2v) is 5.54. The van der Waals surface area contributed by atoms with Crippen molar-refractivity contribution in [3.8, 4) is 0 Å². The van der Waals surface area contributed by atoms with Crippen molar-refractivity contribution in [3.63, 3.8) is 0 Å². The third kappa shape index (κ3) is 3.07. The fourth-order valence-corrected chi connectivity index (χ4v) is 2.64. The number of rotatable bonds is 4. The Bertz CT molecular complexity index is 363. The van der Waals surface area contributed by atoms with Crippen molar-refractivity contribution in [2.24, 2.45) is 12.5 Å². The van der Waals surface area contributed by atoms with E-state index in [0.29, 0.717) is 0 Å². The Balaban J connectivity index is 1.81. The largest absolute Gasteiger partial charge is 0.393 e. The minimum absolute atomic E-state index is 0.0421. The van der Waals surface area contributed by atoms with Crippen molar-refractivity contribution in [1.82, 2.24) is 15.1 Å². The Kier molecular flexibility index (Phi) is 3.84. The third-order valence-electron chi connectivity index (χ3n) is 3.90. The van der Waals surface area contributed by atoms with Crippen molar-refractivity contribution in [3.05, 3.63) is 18.0 Å². The molecule has 2 atom stereocenters. The molecule has 1 fully saturated rings. The smallest absolute Gasteiger partial charge is 0.0605 e. The lowest BCUT2D eigenvalue weighted by atomic mass is 9.73. The van der Waals surface area contributed by atoms with Gasteiger partial charge in [0.1, 0.15) is 0 Å². The molecule has 1 aliphatic rings. The van der Waals surface area contributed by atoms with Crippen LogP contribution in [-0.2, 0) is 13.6 Å². The SMILES string of the molecule is Cn1cc(CNCC2(C)CCCCC2O)cn1. The first kappa shape index (κ1) is 12.6. The van der Waals surface area contributed by atoms with Crippen molar-refractivity contribution in [2.75, 3.05) is 6.54 Å². The summed E-state index contributed by atoms with van der Waals surface area (Å²) in [6, 6.07) is 0. The fourth-order valence-electron chi connectivity index (χ4n) is 2.64. The molecule has 1 aliphatic carbocycles. The molecular weight excluding hydrogens is 214 g/mol. The van der Waals surface area contributed by atoms with E-state index in [1.165, 1.54) is 18.4 Å². The highest BCUT2D eigenvalue weighted by Gasteiger charge is 2.34. The molecule has 4 heteroatoms. The van der Waals surface area contributed by atoms with Crippen LogP contribution in [0, 0.1) is 5.41 Å². The number of aromatic nitrogens is 2. The molecular formula is C13H23N3O. The average molecular weight is 237 g/mol. The lowest BCUT2D eigenvalue weighted by Gasteiger charge is -2.38. The van der Waals surface area contributed by atoms with E-state index in [-0.39, 0.29) is 11.5 Å². The van der Waals surface area contributed by atoms with Crippen LogP contribution in [0.15, 0.2) is 12.4 Å². The van der Waals surface area contributed by atoms with Gasteiger partial charge in [-0.3, -0.25) is 4.68 Å². The number of nitrogens with zero attached hydrogens (tertiary/aromatic N) is 2. The number of nitrogens with one attached hydrogen (secondary N) is 1. The van der Waals surface area contributed by atoms with E-state index >= 15 is 0 Å². The summed E-state index contributed by atoms with van der Waals surface area (Å²) in [5.41, 5.74) is 1.24. The van der Waals surface area contributed by atoms with Gasteiger partial charge >= 0.3 is 0 Å². The van der Waals surface area contributed by atoms with Crippen LogP contribution in [0.3, 0.4) is 0 Å². The highest BCUT2D eigenvalue weighted by molar-refractivity contribution is 5.03. The lowest BCUT2D eigenvalue weighted by molar-refractivity contribution is 0.00115. The van der Waals surface area contributed by atoms with Gasteiger partial charge in [0, 0.05) is 37.3 Å². The molecule has 96 valence electrons. The Morgan fingerprint density at radius 3 is 3.06 bits per heavy atom. The highest BCUT2D eigenvalue weighted by Crippen LogP contribution is 2.35. The van der Waals surface area contributed by atoms with Crippen molar-refractivity contribution in [2.45, 2.75) is 45.3 Å². The maximum Gasteiger partial charge on any atom is 0.0605 e. The molecule has 1 heterocycles. The van der Waals surface area contributed by atoms with Gasteiger partial charge in [0.05, 0.1) is 12.3 Å². The quantitative estimate of drug-likeness (QED) is 0.833. The summed E-state index contributed by atoms with van der Waals surface area (Å²) in [5, 5.41) is 17.7. The Morgan fingerprint density at radius 2 is 2.41 bits per heavy atom. The summed E-state index contributed by atoms with van der Waals surface area (Å²) in [6.07, 6.45) is 8.22. The maximum atomic E-state index is 10.1. The van der Waals surface area contributed by atoms with Gasteiger partial charge in [-0.25, -0.2) is 0 Å². The Morgan fingerprint density at radius 1 is 1.59 bits per heavy atom. The van der Waals surface area contributed by atoms with Crippen LogP contribution in [0.5, 0.6) is 0 Å². The van der Waals surface area contributed by atoms with Crippen molar-refractivity contribution in [1.29, 1.82) is 0 Å². The summed E-state index contributed by atoms with van der Waals surface area (Å²) in [6.45, 7) is 3.90. The van der Waals surface area contributed by atoms with Gasteiger partial charge in [-0.05, 0) is 12.8 Å². The fraction of sp³-hybridized carbons (Fsp3) is 0.769. The summed E-state index contributed by atoms with van der Waals surface area (Å²) in [7, 11) is 1.93. The second kappa shape index (κ2) is 5.19. The molecule has 17 heavy (non-hydrogen) atoms. The molecule has 0 amide bonds. The third-order valence-corrected chi connectivity index (χ3v) is 3.90. The molecule has 0 saturated heterocycles. The van der Waals surface area contributed by atoms with E-state index in [2.05, 4.69) is 17.3 Å². The van der Waals surface area contributed by atoms with E-state index < -0.39 is 0 Å². The zero-order valence-electron chi connectivity index (χ0n) is 10.8. The van der Waals surface area contributed by atoms with Gasteiger partial charge in [-0.15, -0.1) is 0 Å². The lowest BCUT2D eigenvalue weighted by Crippen LogP contribution is -2.43. The number of hydrogen-bond acceptors (Lipinski definition) is 3. The summed E-state index contributed by atoms with van der Waals surface area (Å²) in [5.74, 6) is 0. The first-order valence-corrected chi connectivity index (χ1v) is 6.46. The molecule has 0 spiro atoms. The van der Waals surface area contributed by atoms with E-state index in [1.54, 1.807) is 0 Å². The Hall–Kier alpha value is -0.870. The van der Waals surface area contributed by atoms with Gasteiger partial charge in [-0.2, -0.15) is 5.10 Å².